The molecule has 0 unspecified atom stereocenters. The van der Waals surface area contributed by atoms with Crippen LogP contribution in [0.4, 0.5) is 5.69 Å². The summed E-state index contributed by atoms with van der Waals surface area (Å²) < 4.78 is 0. The number of amides is 2. The Balaban J connectivity index is 1.41. The third kappa shape index (κ3) is 4.46. The van der Waals surface area contributed by atoms with E-state index in [0.717, 1.165) is 13.1 Å². The molecule has 0 aromatic heterocycles. The first-order valence-corrected chi connectivity index (χ1v) is 10.6. The fraction of sp³-hybridized carbons (Fsp3) is 0.391. The topological polar surface area (TPSA) is 52.7 Å². The Bertz CT molecular complexity index is 867. The second kappa shape index (κ2) is 8.97. The molecule has 2 atom stereocenters. The molecule has 2 aliphatic heterocycles. The molecule has 0 aliphatic carbocycles. The molecule has 2 aliphatic rings. The average Bonchev–Trinajstić information content (AvgIpc) is 3.39. The van der Waals surface area contributed by atoms with Crippen LogP contribution in [0.2, 0.25) is 5.02 Å². The molecule has 5 nitrogen and oxygen atoms in total. The summed E-state index contributed by atoms with van der Waals surface area (Å²) in [4.78, 5) is 29.4. The van der Waals surface area contributed by atoms with Crippen molar-refractivity contribution in [2.75, 3.05) is 31.1 Å². The van der Waals surface area contributed by atoms with Gasteiger partial charge in [-0.1, -0.05) is 54.1 Å². The van der Waals surface area contributed by atoms with Crippen LogP contribution in [0.25, 0.3) is 0 Å². The third-order valence-electron chi connectivity index (χ3n) is 5.87. The molecule has 6 heteroatoms. The van der Waals surface area contributed by atoms with Gasteiger partial charge < -0.3 is 10.2 Å². The monoisotopic (exact) mass is 411 g/mol. The summed E-state index contributed by atoms with van der Waals surface area (Å²) >= 11 is 6.24. The number of halogens is 1. The molecule has 0 radical (unpaired) electrons. The van der Waals surface area contributed by atoms with Crippen molar-refractivity contribution in [2.45, 2.75) is 25.3 Å². The smallest absolute Gasteiger partial charge is 0.227 e. The van der Waals surface area contributed by atoms with Crippen molar-refractivity contribution in [2.24, 2.45) is 5.92 Å². The Hall–Kier alpha value is -2.37. The SMILES string of the molecule is O=C(NC[C@H](c1ccccc1)N1CCCC1)[C@@H]1CC(=O)N(c2ccccc2Cl)C1. The van der Waals surface area contributed by atoms with Gasteiger partial charge >= 0.3 is 0 Å². The molecule has 2 aromatic rings. The second-order valence-corrected chi connectivity index (χ2v) is 8.18. The normalized spacial score (nSPS) is 20.8. The van der Waals surface area contributed by atoms with Crippen molar-refractivity contribution >= 4 is 29.1 Å². The van der Waals surface area contributed by atoms with Gasteiger partial charge in [-0.15, -0.1) is 0 Å². The summed E-state index contributed by atoms with van der Waals surface area (Å²) in [6.45, 7) is 3.03. The lowest BCUT2D eigenvalue weighted by Crippen LogP contribution is -2.40. The van der Waals surface area contributed by atoms with Crippen LogP contribution in [0.3, 0.4) is 0 Å². The zero-order valence-electron chi connectivity index (χ0n) is 16.4. The van der Waals surface area contributed by atoms with Crippen molar-refractivity contribution in [1.29, 1.82) is 0 Å². The number of benzene rings is 2. The Kier molecular flexibility index (Phi) is 6.16. The number of para-hydroxylation sites is 1. The van der Waals surface area contributed by atoms with Gasteiger partial charge in [0.1, 0.15) is 0 Å². The van der Waals surface area contributed by atoms with Gasteiger partial charge in [0.15, 0.2) is 0 Å². The minimum Gasteiger partial charge on any atom is -0.354 e. The number of hydrogen-bond acceptors (Lipinski definition) is 3. The van der Waals surface area contributed by atoms with Crippen molar-refractivity contribution in [3.63, 3.8) is 0 Å². The molecule has 1 N–H and O–H groups in total. The minimum atomic E-state index is -0.353. The molecular formula is C23H26ClN3O2. The highest BCUT2D eigenvalue weighted by molar-refractivity contribution is 6.33. The highest BCUT2D eigenvalue weighted by Crippen LogP contribution is 2.31. The van der Waals surface area contributed by atoms with E-state index in [-0.39, 0.29) is 30.2 Å². The number of carbonyl (C=O) groups is 2. The Morgan fingerprint density at radius 1 is 1.07 bits per heavy atom. The first-order chi connectivity index (χ1) is 14.1. The molecule has 0 saturated carbocycles. The lowest BCUT2D eigenvalue weighted by atomic mass is 10.0. The predicted molar refractivity (Wildman–Crippen MR) is 115 cm³/mol. The van der Waals surface area contributed by atoms with Crippen LogP contribution in [-0.4, -0.2) is 42.9 Å². The summed E-state index contributed by atoms with van der Waals surface area (Å²) in [6, 6.07) is 17.8. The van der Waals surface area contributed by atoms with E-state index in [9.17, 15) is 9.59 Å². The zero-order valence-corrected chi connectivity index (χ0v) is 17.1. The van der Waals surface area contributed by atoms with E-state index in [1.165, 1.54) is 18.4 Å². The Morgan fingerprint density at radius 3 is 2.48 bits per heavy atom. The quantitative estimate of drug-likeness (QED) is 0.789. The number of nitrogens with zero attached hydrogens (tertiary/aromatic N) is 2. The largest absolute Gasteiger partial charge is 0.354 e. The highest BCUT2D eigenvalue weighted by Gasteiger charge is 2.36. The average molecular weight is 412 g/mol. The lowest BCUT2D eigenvalue weighted by Gasteiger charge is -2.28. The molecule has 0 spiro atoms. The van der Waals surface area contributed by atoms with E-state index >= 15 is 0 Å². The number of rotatable bonds is 6. The maximum atomic E-state index is 12.9. The molecule has 29 heavy (non-hydrogen) atoms. The van der Waals surface area contributed by atoms with Crippen LogP contribution in [0.1, 0.15) is 30.9 Å². The Labute approximate surface area is 176 Å². The molecule has 2 saturated heterocycles. The van der Waals surface area contributed by atoms with E-state index < -0.39 is 0 Å². The van der Waals surface area contributed by atoms with Crippen molar-refractivity contribution in [3.8, 4) is 0 Å². The van der Waals surface area contributed by atoms with Gasteiger partial charge in [-0.2, -0.15) is 0 Å². The molecule has 2 aromatic carbocycles. The second-order valence-electron chi connectivity index (χ2n) is 7.77. The molecule has 2 heterocycles. The van der Waals surface area contributed by atoms with Crippen LogP contribution in [-0.2, 0) is 9.59 Å². The van der Waals surface area contributed by atoms with Crippen LogP contribution in [0.5, 0.6) is 0 Å². The number of carbonyl (C=O) groups excluding carboxylic acids is 2. The van der Waals surface area contributed by atoms with Gasteiger partial charge in [-0.25, -0.2) is 0 Å². The van der Waals surface area contributed by atoms with Gasteiger partial charge in [0.25, 0.3) is 0 Å². The maximum absolute atomic E-state index is 12.9. The summed E-state index contributed by atoms with van der Waals surface area (Å²) in [5.74, 6) is -0.473. The van der Waals surface area contributed by atoms with Crippen molar-refractivity contribution < 1.29 is 9.59 Å². The molecule has 2 amide bonds. The van der Waals surface area contributed by atoms with Gasteiger partial charge in [0.05, 0.1) is 22.7 Å². The van der Waals surface area contributed by atoms with Gasteiger partial charge in [0.2, 0.25) is 11.8 Å². The number of anilines is 1. The molecule has 4 rings (SSSR count). The van der Waals surface area contributed by atoms with Crippen LogP contribution >= 0.6 is 11.6 Å². The maximum Gasteiger partial charge on any atom is 0.227 e. The van der Waals surface area contributed by atoms with Gasteiger partial charge in [0, 0.05) is 19.5 Å². The summed E-state index contributed by atoms with van der Waals surface area (Å²) in [5, 5.41) is 3.64. The standard InChI is InChI=1S/C23H26ClN3O2/c24-19-10-4-5-11-20(19)27-16-18(14-22(27)28)23(29)25-15-21(26-12-6-7-13-26)17-8-2-1-3-9-17/h1-5,8-11,18,21H,6-7,12-16H2,(H,25,29)/t18-,21-/m1/s1. The van der Waals surface area contributed by atoms with Crippen LogP contribution in [0, 0.1) is 5.92 Å². The zero-order chi connectivity index (χ0) is 20.2. The van der Waals surface area contributed by atoms with E-state index in [2.05, 4.69) is 22.3 Å². The number of likely N-dealkylation sites (tertiary alicyclic amines) is 1. The third-order valence-corrected chi connectivity index (χ3v) is 6.19. The van der Waals surface area contributed by atoms with E-state index in [1.807, 2.05) is 36.4 Å². The van der Waals surface area contributed by atoms with Gasteiger partial charge in [-0.3, -0.25) is 14.5 Å². The highest BCUT2D eigenvalue weighted by atomic mass is 35.5. The Morgan fingerprint density at radius 2 is 1.76 bits per heavy atom. The predicted octanol–water partition coefficient (Wildman–Crippen LogP) is 3.65. The van der Waals surface area contributed by atoms with Crippen LogP contribution < -0.4 is 10.2 Å². The van der Waals surface area contributed by atoms with Crippen molar-refractivity contribution in [3.05, 3.63) is 65.2 Å². The fourth-order valence-corrected chi connectivity index (χ4v) is 4.55. The number of hydrogen-bond donors (Lipinski definition) is 1. The molecular weight excluding hydrogens is 386 g/mol. The first kappa shape index (κ1) is 19.9. The minimum absolute atomic E-state index is 0.0580. The lowest BCUT2D eigenvalue weighted by molar-refractivity contribution is -0.126. The number of nitrogens with one attached hydrogen (secondary N) is 1. The van der Waals surface area contributed by atoms with E-state index in [4.69, 9.17) is 11.6 Å². The molecule has 0 bridgehead atoms. The molecule has 152 valence electrons. The first-order valence-electron chi connectivity index (χ1n) is 10.2. The summed E-state index contributed by atoms with van der Waals surface area (Å²) in [5.41, 5.74) is 1.89. The summed E-state index contributed by atoms with van der Waals surface area (Å²) in [7, 11) is 0. The van der Waals surface area contributed by atoms with Crippen LogP contribution in [0.15, 0.2) is 54.6 Å². The van der Waals surface area contributed by atoms with E-state index in [0.29, 0.717) is 23.8 Å². The van der Waals surface area contributed by atoms with E-state index in [1.54, 1.807) is 11.0 Å². The molecule has 2 fully saturated rings. The van der Waals surface area contributed by atoms with Gasteiger partial charge in [-0.05, 0) is 43.6 Å². The summed E-state index contributed by atoms with van der Waals surface area (Å²) in [6.07, 6.45) is 2.61. The fourth-order valence-electron chi connectivity index (χ4n) is 4.31. The van der Waals surface area contributed by atoms with Crippen molar-refractivity contribution in [1.82, 2.24) is 10.2 Å².